The lowest BCUT2D eigenvalue weighted by Gasteiger charge is -2.28. The van der Waals surface area contributed by atoms with Gasteiger partial charge < -0.3 is 13.9 Å². The third-order valence-corrected chi connectivity index (χ3v) is 13.0. The molecule has 13 aromatic rings. The molecule has 0 saturated carbocycles. The van der Waals surface area contributed by atoms with Crippen LogP contribution in [0.1, 0.15) is 0 Å². The molecule has 2 aromatic heterocycles. The van der Waals surface area contributed by atoms with Crippen molar-refractivity contribution in [1.82, 2.24) is 4.57 Å². The second-order valence-electron chi connectivity index (χ2n) is 16.4. The van der Waals surface area contributed by atoms with E-state index in [2.05, 4.69) is 240 Å². The molecule has 0 aliphatic heterocycles. The van der Waals surface area contributed by atoms with E-state index in [0.29, 0.717) is 0 Å². The van der Waals surface area contributed by atoms with E-state index in [1.165, 1.54) is 65.7 Å². The standard InChI is InChI=1S/C60H38N2O/c1-2-14-40(15-3-1)45-35-37-55(49-22-9-8-21-48(45)49)61(57-26-13-27-58-59(57)51-34-30-42-17-5-7-20-47(42)60(51)63-58)44-32-28-39(29-33-44)43-31-36-56-52(38-43)50-23-10-11-24-54(50)62(56)53-25-12-18-41-16-4-6-19-46(41)53/h1-38H. The molecule has 2 heterocycles. The third-order valence-electron chi connectivity index (χ3n) is 13.0. The van der Waals surface area contributed by atoms with Crippen molar-refractivity contribution >= 4 is 93.1 Å². The maximum atomic E-state index is 6.76. The third kappa shape index (κ3) is 5.53. The maximum Gasteiger partial charge on any atom is 0.143 e. The van der Waals surface area contributed by atoms with Gasteiger partial charge in [-0.3, -0.25) is 0 Å². The fourth-order valence-corrected chi connectivity index (χ4v) is 10.1. The largest absolute Gasteiger partial charge is 0.455 e. The molecule has 294 valence electrons. The molecular formula is C60H38N2O. The molecule has 13 rings (SSSR count). The van der Waals surface area contributed by atoms with Gasteiger partial charge in [0, 0.05) is 38.0 Å². The van der Waals surface area contributed by atoms with E-state index in [1.54, 1.807) is 0 Å². The molecule has 0 unspecified atom stereocenters. The Morgan fingerprint density at radius 1 is 0.349 bits per heavy atom. The van der Waals surface area contributed by atoms with Gasteiger partial charge in [0.05, 0.1) is 33.5 Å². The molecule has 0 aliphatic rings. The minimum atomic E-state index is 0.863. The number of benzene rings is 11. The van der Waals surface area contributed by atoms with Gasteiger partial charge in [-0.15, -0.1) is 0 Å². The van der Waals surface area contributed by atoms with Gasteiger partial charge in [-0.2, -0.15) is 0 Å². The van der Waals surface area contributed by atoms with Crippen molar-refractivity contribution in [3.8, 4) is 27.9 Å². The predicted octanol–water partition coefficient (Wildman–Crippen LogP) is 16.9. The molecule has 0 bridgehead atoms. The van der Waals surface area contributed by atoms with Crippen LogP contribution < -0.4 is 4.90 Å². The number of furan rings is 1. The summed E-state index contributed by atoms with van der Waals surface area (Å²) in [4.78, 5) is 2.42. The Morgan fingerprint density at radius 3 is 1.84 bits per heavy atom. The highest BCUT2D eigenvalue weighted by Gasteiger charge is 2.23. The molecule has 0 saturated heterocycles. The van der Waals surface area contributed by atoms with E-state index in [-0.39, 0.29) is 0 Å². The van der Waals surface area contributed by atoms with E-state index >= 15 is 0 Å². The first-order chi connectivity index (χ1) is 31.3. The number of rotatable bonds is 6. The minimum Gasteiger partial charge on any atom is -0.455 e. The lowest BCUT2D eigenvalue weighted by molar-refractivity contribution is 0.672. The van der Waals surface area contributed by atoms with Gasteiger partial charge in [-0.1, -0.05) is 170 Å². The summed E-state index contributed by atoms with van der Waals surface area (Å²) < 4.78 is 9.18. The summed E-state index contributed by atoms with van der Waals surface area (Å²) in [5.41, 5.74) is 13.3. The van der Waals surface area contributed by atoms with Gasteiger partial charge in [-0.05, 0) is 99.1 Å². The normalized spacial score (nSPS) is 11.8. The van der Waals surface area contributed by atoms with Crippen molar-refractivity contribution < 1.29 is 4.42 Å². The number of anilines is 3. The summed E-state index contributed by atoms with van der Waals surface area (Å²) >= 11 is 0. The lowest BCUT2D eigenvalue weighted by Crippen LogP contribution is -2.11. The summed E-state index contributed by atoms with van der Waals surface area (Å²) in [5, 5.41) is 11.8. The molecule has 3 nitrogen and oxygen atoms in total. The number of nitrogens with zero attached hydrogens (tertiary/aromatic N) is 2. The second-order valence-corrected chi connectivity index (χ2v) is 16.4. The molecule has 0 amide bonds. The van der Waals surface area contributed by atoms with Crippen LogP contribution in [0.5, 0.6) is 0 Å². The van der Waals surface area contributed by atoms with Crippen LogP contribution in [0.25, 0.3) is 104 Å². The Kier molecular flexibility index (Phi) is 7.91. The molecule has 63 heavy (non-hydrogen) atoms. The number of hydrogen-bond acceptors (Lipinski definition) is 2. The molecule has 0 atom stereocenters. The number of aromatic nitrogens is 1. The molecule has 0 fully saturated rings. The quantitative estimate of drug-likeness (QED) is 0.167. The van der Waals surface area contributed by atoms with Crippen molar-refractivity contribution in [2.24, 2.45) is 0 Å². The Morgan fingerprint density at radius 2 is 1.00 bits per heavy atom. The topological polar surface area (TPSA) is 21.3 Å². The van der Waals surface area contributed by atoms with E-state index in [1.807, 2.05) is 0 Å². The molecule has 11 aromatic carbocycles. The van der Waals surface area contributed by atoms with Crippen molar-refractivity contribution in [2.75, 3.05) is 4.90 Å². The Hall–Kier alpha value is -8.40. The molecule has 0 spiro atoms. The minimum absolute atomic E-state index is 0.863. The predicted molar refractivity (Wildman–Crippen MR) is 266 cm³/mol. The zero-order valence-electron chi connectivity index (χ0n) is 34.2. The average molecular weight is 803 g/mol. The van der Waals surface area contributed by atoms with Crippen molar-refractivity contribution in [1.29, 1.82) is 0 Å². The summed E-state index contributed by atoms with van der Waals surface area (Å²) in [7, 11) is 0. The highest BCUT2D eigenvalue weighted by atomic mass is 16.3. The van der Waals surface area contributed by atoms with E-state index < -0.39 is 0 Å². The van der Waals surface area contributed by atoms with Crippen molar-refractivity contribution in [3.05, 3.63) is 231 Å². The lowest BCUT2D eigenvalue weighted by atomic mass is 9.96. The van der Waals surface area contributed by atoms with Crippen LogP contribution in [0.4, 0.5) is 17.1 Å². The van der Waals surface area contributed by atoms with Gasteiger partial charge in [0.1, 0.15) is 11.2 Å². The molecule has 3 heteroatoms. The zero-order chi connectivity index (χ0) is 41.4. The zero-order valence-corrected chi connectivity index (χ0v) is 34.2. The van der Waals surface area contributed by atoms with Crippen LogP contribution >= 0.6 is 0 Å². The fourth-order valence-electron chi connectivity index (χ4n) is 10.1. The smallest absolute Gasteiger partial charge is 0.143 e. The van der Waals surface area contributed by atoms with Crippen LogP contribution in [0.3, 0.4) is 0 Å². The Labute approximate surface area is 363 Å². The van der Waals surface area contributed by atoms with E-state index in [9.17, 15) is 0 Å². The molecular weight excluding hydrogens is 765 g/mol. The first-order valence-electron chi connectivity index (χ1n) is 21.6. The van der Waals surface area contributed by atoms with Crippen molar-refractivity contribution in [2.45, 2.75) is 0 Å². The highest BCUT2D eigenvalue weighted by Crippen LogP contribution is 2.47. The van der Waals surface area contributed by atoms with Gasteiger partial charge in [0.15, 0.2) is 0 Å². The highest BCUT2D eigenvalue weighted by molar-refractivity contribution is 6.20. The summed E-state index contributed by atoms with van der Waals surface area (Å²) in [6.45, 7) is 0. The number of para-hydroxylation sites is 1. The average Bonchev–Trinajstić information content (AvgIpc) is 3.91. The number of fused-ring (bicyclic) bond motifs is 10. The van der Waals surface area contributed by atoms with Crippen LogP contribution in [0, 0.1) is 0 Å². The summed E-state index contributed by atoms with van der Waals surface area (Å²) in [6, 6.07) is 83.5. The maximum absolute atomic E-state index is 6.76. The van der Waals surface area contributed by atoms with Gasteiger partial charge in [0.2, 0.25) is 0 Å². The fraction of sp³-hybridized carbons (Fsp3) is 0. The van der Waals surface area contributed by atoms with Crippen LogP contribution in [-0.4, -0.2) is 4.57 Å². The van der Waals surface area contributed by atoms with Crippen molar-refractivity contribution in [3.63, 3.8) is 0 Å². The van der Waals surface area contributed by atoms with Gasteiger partial charge in [-0.25, -0.2) is 0 Å². The van der Waals surface area contributed by atoms with E-state index in [4.69, 9.17) is 4.42 Å². The first-order valence-corrected chi connectivity index (χ1v) is 21.6. The number of hydrogen-bond donors (Lipinski definition) is 0. The van der Waals surface area contributed by atoms with Gasteiger partial charge >= 0.3 is 0 Å². The monoisotopic (exact) mass is 802 g/mol. The van der Waals surface area contributed by atoms with Crippen LogP contribution in [-0.2, 0) is 0 Å². The summed E-state index contributed by atoms with van der Waals surface area (Å²) in [5.74, 6) is 0. The summed E-state index contributed by atoms with van der Waals surface area (Å²) in [6.07, 6.45) is 0. The van der Waals surface area contributed by atoms with Crippen LogP contribution in [0.2, 0.25) is 0 Å². The Bertz CT molecular complexity index is 3910. The first kappa shape index (κ1) is 35.4. The molecule has 0 radical (unpaired) electrons. The molecule has 0 N–H and O–H groups in total. The van der Waals surface area contributed by atoms with Gasteiger partial charge in [0.25, 0.3) is 0 Å². The van der Waals surface area contributed by atoms with E-state index in [0.717, 1.165) is 55.3 Å². The Balaban J connectivity index is 0.997. The SMILES string of the molecule is c1ccc(-c2ccc(N(c3ccc(-c4ccc5c(c4)c4ccccc4n5-c4cccc5ccccc45)cc3)c3cccc4oc5c6ccccc6ccc5c34)c3ccccc23)cc1. The second kappa shape index (κ2) is 14.1. The molecule has 0 aliphatic carbocycles. The van der Waals surface area contributed by atoms with Crippen LogP contribution in [0.15, 0.2) is 235 Å².